The van der Waals surface area contributed by atoms with E-state index in [-0.39, 0.29) is 0 Å². The van der Waals surface area contributed by atoms with Crippen molar-refractivity contribution in [3.8, 4) is 0 Å². The Hall–Kier alpha value is -0.120. The van der Waals surface area contributed by atoms with Crippen molar-refractivity contribution in [2.75, 3.05) is 45.8 Å². The first kappa shape index (κ1) is 14.3. The van der Waals surface area contributed by atoms with Gasteiger partial charge in [-0.1, -0.05) is 13.8 Å². The van der Waals surface area contributed by atoms with Gasteiger partial charge in [0, 0.05) is 12.6 Å². The molecule has 0 aromatic heterocycles. The topological polar surface area (TPSA) is 18.5 Å². The van der Waals surface area contributed by atoms with E-state index in [4.69, 9.17) is 0 Å². The molecule has 2 fully saturated rings. The normalized spacial score (nSPS) is 27.8. The van der Waals surface area contributed by atoms with Crippen LogP contribution in [0.4, 0.5) is 0 Å². The summed E-state index contributed by atoms with van der Waals surface area (Å²) in [6.45, 7) is 13.5. The SMILES string of the molecule is CCN1CCC(N(CC)CC2CCCNC2)CC1. The van der Waals surface area contributed by atoms with Crippen LogP contribution in [0.1, 0.15) is 39.5 Å². The van der Waals surface area contributed by atoms with Gasteiger partial charge in [0.2, 0.25) is 0 Å². The summed E-state index contributed by atoms with van der Waals surface area (Å²) in [6.07, 6.45) is 5.55. The molecule has 0 bridgehead atoms. The van der Waals surface area contributed by atoms with Crippen molar-refractivity contribution in [3.05, 3.63) is 0 Å². The predicted octanol–water partition coefficient (Wildman–Crippen LogP) is 1.79. The van der Waals surface area contributed by atoms with Crippen LogP contribution >= 0.6 is 0 Å². The molecular weight excluding hydrogens is 222 g/mol. The van der Waals surface area contributed by atoms with E-state index < -0.39 is 0 Å². The van der Waals surface area contributed by atoms with Gasteiger partial charge in [-0.05, 0) is 70.9 Å². The molecule has 0 aromatic rings. The Labute approximate surface area is 113 Å². The lowest BCUT2D eigenvalue weighted by Crippen LogP contribution is -2.47. The van der Waals surface area contributed by atoms with E-state index in [0.29, 0.717) is 0 Å². The summed E-state index contributed by atoms with van der Waals surface area (Å²) in [4.78, 5) is 5.34. The summed E-state index contributed by atoms with van der Waals surface area (Å²) in [7, 11) is 0. The van der Waals surface area contributed by atoms with E-state index in [1.54, 1.807) is 0 Å². The van der Waals surface area contributed by atoms with Gasteiger partial charge < -0.3 is 15.1 Å². The van der Waals surface area contributed by atoms with Gasteiger partial charge >= 0.3 is 0 Å². The Morgan fingerprint density at radius 3 is 2.50 bits per heavy atom. The summed E-state index contributed by atoms with van der Waals surface area (Å²) in [5.74, 6) is 0.892. The monoisotopic (exact) mass is 253 g/mol. The average molecular weight is 253 g/mol. The zero-order valence-electron chi connectivity index (χ0n) is 12.3. The van der Waals surface area contributed by atoms with Crippen molar-refractivity contribution in [2.24, 2.45) is 5.92 Å². The quantitative estimate of drug-likeness (QED) is 0.806. The molecule has 2 aliphatic heterocycles. The van der Waals surface area contributed by atoms with Crippen molar-refractivity contribution in [2.45, 2.75) is 45.6 Å². The highest BCUT2D eigenvalue weighted by molar-refractivity contribution is 4.81. The van der Waals surface area contributed by atoms with Crippen LogP contribution in [0.25, 0.3) is 0 Å². The minimum absolute atomic E-state index is 0.847. The molecule has 1 atom stereocenters. The maximum absolute atomic E-state index is 3.55. The molecule has 0 aromatic carbocycles. The third-order valence-corrected chi connectivity index (χ3v) is 4.82. The standard InChI is InChI=1S/C15H31N3/c1-3-17-10-7-15(8-11-17)18(4-2)13-14-6-5-9-16-12-14/h14-16H,3-13H2,1-2H3. The van der Waals surface area contributed by atoms with Gasteiger partial charge in [0.05, 0.1) is 0 Å². The zero-order valence-corrected chi connectivity index (χ0v) is 12.3. The van der Waals surface area contributed by atoms with E-state index in [1.165, 1.54) is 71.5 Å². The molecule has 2 rings (SSSR count). The number of piperidine rings is 2. The Kier molecular flexibility index (Phi) is 5.93. The van der Waals surface area contributed by atoms with Crippen molar-refractivity contribution in [3.63, 3.8) is 0 Å². The molecule has 2 saturated heterocycles. The first-order valence-corrected chi connectivity index (χ1v) is 8.00. The molecule has 106 valence electrons. The maximum atomic E-state index is 3.55. The van der Waals surface area contributed by atoms with Crippen LogP contribution in [-0.4, -0.2) is 61.7 Å². The van der Waals surface area contributed by atoms with Gasteiger partial charge in [-0.15, -0.1) is 0 Å². The van der Waals surface area contributed by atoms with Crippen LogP contribution < -0.4 is 5.32 Å². The molecule has 18 heavy (non-hydrogen) atoms. The third-order valence-electron chi connectivity index (χ3n) is 4.82. The highest BCUT2D eigenvalue weighted by atomic mass is 15.2. The van der Waals surface area contributed by atoms with Gasteiger partial charge in [-0.25, -0.2) is 0 Å². The zero-order chi connectivity index (χ0) is 12.8. The molecule has 1 N–H and O–H groups in total. The molecule has 0 radical (unpaired) electrons. The van der Waals surface area contributed by atoms with E-state index in [2.05, 4.69) is 29.0 Å². The van der Waals surface area contributed by atoms with E-state index in [0.717, 1.165) is 12.0 Å². The number of nitrogens with zero attached hydrogens (tertiary/aromatic N) is 2. The Morgan fingerprint density at radius 2 is 1.94 bits per heavy atom. The minimum Gasteiger partial charge on any atom is -0.316 e. The van der Waals surface area contributed by atoms with Crippen LogP contribution in [0, 0.1) is 5.92 Å². The lowest BCUT2D eigenvalue weighted by atomic mass is 9.96. The minimum atomic E-state index is 0.847. The largest absolute Gasteiger partial charge is 0.316 e. The summed E-state index contributed by atoms with van der Waals surface area (Å²) in [6, 6.07) is 0.847. The van der Waals surface area contributed by atoms with Crippen LogP contribution in [0.2, 0.25) is 0 Å². The van der Waals surface area contributed by atoms with Crippen molar-refractivity contribution in [1.29, 1.82) is 0 Å². The van der Waals surface area contributed by atoms with Gasteiger partial charge in [0.25, 0.3) is 0 Å². The molecule has 0 saturated carbocycles. The predicted molar refractivity (Wildman–Crippen MR) is 78.0 cm³/mol. The molecule has 3 heteroatoms. The lowest BCUT2D eigenvalue weighted by molar-refractivity contribution is 0.0964. The summed E-state index contributed by atoms with van der Waals surface area (Å²) >= 11 is 0. The summed E-state index contributed by atoms with van der Waals surface area (Å²) in [5.41, 5.74) is 0. The molecular formula is C15H31N3. The van der Waals surface area contributed by atoms with Crippen molar-refractivity contribution >= 4 is 0 Å². The van der Waals surface area contributed by atoms with Crippen molar-refractivity contribution < 1.29 is 0 Å². The van der Waals surface area contributed by atoms with E-state index in [1.807, 2.05) is 0 Å². The first-order chi connectivity index (χ1) is 8.83. The fraction of sp³-hybridized carbons (Fsp3) is 1.00. The first-order valence-electron chi connectivity index (χ1n) is 8.00. The lowest BCUT2D eigenvalue weighted by Gasteiger charge is -2.40. The van der Waals surface area contributed by atoms with E-state index in [9.17, 15) is 0 Å². The third kappa shape index (κ3) is 3.94. The summed E-state index contributed by atoms with van der Waals surface area (Å²) in [5, 5.41) is 3.55. The van der Waals surface area contributed by atoms with Gasteiger partial charge in [0.1, 0.15) is 0 Å². The molecule has 1 unspecified atom stereocenters. The maximum Gasteiger partial charge on any atom is 0.0120 e. The fourth-order valence-electron chi connectivity index (χ4n) is 3.55. The van der Waals surface area contributed by atoms with Gasteiger partial charge in [-0.3, -0.25) is 0 Å². The van der Waals surface area contributed by atoms with E-state index >= 15 is 0 Å². The van der Waals surface area contributed by atoms with Gasteiger partial charge in [0.15, 0.2) is 0 Å². The molecule has 2 aliphatic rings. The second-order valence-corrected chi connectivity index (χ2v) is 5.97. The number of likely N-dealkylation sites (tertiary alicyclic amines) is 1. The molecule has 0 aliphatic carbocycles. The van der Waals surface area contributed by atoms with Crippen LogP contribution in [-0.2, 0) is 0 Å². The number of hydrogen-bond acceptors (Lipinski definition) is 3. The molecule has 3 nitrogen and oxygen atoms in total. The second-order valence-electron chi connectivity index (χ2n) is 5.97. The second kappa shape index (κ2) is 7.46. The Bertz CT molecular complexity index is 218. The molecule has 0 amide bonds. The van der Waals surface area contributed by atoms with Crippen LogP contribution in [0.15, 0.2) is 0 Å². The summed E-state index contributed by atoms with van der Waals surface area (Å²) < 4.78 is 0. The highest BCUT2D eigenvalue weighted by Gasteiger charge is 2.25. The van der Waals surface area contributed by atoms with Crippen LogP contribution in [0.3, 0.4) is 0 Å². The molecule has 0 spiro atoms. The number of rotatable bonds is 5. The molecule has 2 heterocycles. The van der Waals surface area contributed by atoms with Crippen LogP contribution in [0.5, 0.6) is 0 Å². The average Bonchev–Trinajstić information content (AvgIpc) is 2.46. The number of nitrogens with one attached hydrogen (secondary N) is 1. The smallest absolute Gasteiger partial charge is 0.0120 e. The Balaban J connectivity index is 1.77. The number of hydrogen-bond donors (Lipinski definition) is 1. The Morgan fingerprint density at radius 1 is 1.17 bits per heavy atom. The fourth-order valence-corrected chi connectivity index (χ4v) is 3.55. The van der Waals surface area contributed by atoms with Crippen molar-refractivity contribution in [1.82, 2.24) is 15.1 Å². The highest BCUT2D eigenvalue weighted by Crippen LogP contribution is 2.19. The van der Waals surface area contributed by atoms with Gasteiger partial charge in [-0.2, -0.15) is 0 Å².